The third kappa shape index (κ3) is 5.69. The van der Waals surface area contributed by atoms with Gasteiger partial charge in [-0.2, -0.15) is 5.10 Å². The Bertz CT molecular complexity index is 754. The number of hydrogen-bond donors (Lipinski definition) is 2. The number of carbonyl (C=O) groups excluding carboxylic acids is 1. The Kier molecular flexibility index (Phi) is 7.02. The average Bonchev–Trinajstić information content (AvgIpc) is 2.95. The largest absolute Gasteiger partial charge is 0.466 e. The van der Waals surface area contributed by atoms with E-state index in [1.54, 1.807) is 0 Å². The maximum absolute atomic E-state index is 11.8. The van der Waals surface area contributed by atoms with E-state index in [-0.39, 0.29) is 12.3 Å². The highest BCUT2D eigenvalue weighted by Crippen LogP contribution is 2.33. The standard InChI is InChI=1S/C18H25BrN2O5/c1-4-12(5-8-16(23)26-18(2,3)24)9-21-10-13-15(20-21)7-6-14(19)17(13)25-11-22/h6-7,10,12,22,24H,4-5,8-9,11H2,1-3H3. The first kappa shape index (κ1) is 20.7. The number of hydrogen-bond acceptors (Lipinski definition) is 6. The lowest BCUT2D eigenvalue weighted by Crippen LogP contribution is -2.27. The van der Waals surface area contributed by atoms with E-state index in [1.165, 1.54) is 13.8 Å². The van der Waals surface area contributed by atoms with Crippen LogP contribution in [0.25, 0.3) is 10.9 Å². The average molecular weight is 429 g/mol. The van der Waals surface area contributed by atoms with E-state index in [9.17, 15) is 9.90 Å². The smallest absolute Gasteiger partial charge is 0.308 e. The molecule has 0 amide bonds. The molecule has 0 saturated carbocycles. The van der Waals surface area contributed by atoms with Crippen molar-refractivity contribution in [3.05, 3.63) is 22.8 Å². The molecule has 0 spiro atoms. The van der Waals surface area contributed by atoms with E-state index in [4.69, 9.17) is 14.6 Å². The van der Waals surface area contributed by atoms with E-state index in [0.29, 0.717) is 18.7 Å². The van der Waals surface area contributed by atoms with Gasteiger partial charge in [-0.1, -0.05) is 13.3 Å². The molecule has 1 atom stereocenters. The van der Waals surface area contributed by atoms with Crippen LogP contribution in [0.5, 0.6) is 5.75 Å². The van der Waals surface area contributed by atoms with Crippen molar-refractivity contribution in [1.82, 2.24) is 9.78 Å². The first-order valence-electron chi connectivity index (χ1n) is 8.57. The van der Waals surface area contributed by atoms with Gasteiger partial charge in [-0.3, -0.25) is 9.48 Å². The Morgan fingerprint density at radius 3 is 2.77 bits per heavy atom. The molecule has 0 bridgehead atoms. The van der Waals surface area contributed by atoms with Crippen molar-refractivity contribution in [2.45, 2.75) is 52.4 Å². The van der Waals surface area contributed by atoms with Crippen LogP contribution >= 0.6 is 15.9 Å². The number of aliphatic hydroxyl groups is 2. The quantitative estimate of drug-likeness (QED) is 0.470. The van der Waals surface area contributed by atoms with E-state index >= 15 is 0 Å². The molecule has 144 valence electrons. The fraction of sp³-hybridized carbons (Fsp3) is 0.556. The molecule has 26 heavy (non-hydrogen) atoms. The minimum Gasteiger partial charge on any atom is -0.466 e. The predicted molar refractivity (Wildman–Crippen MR) is 101 cm³/mol. The summed E-state index contributed by atoms with van der Waals surface area (Å²) in [6, 6.07) is 3.70. The molecule has 2 aromatic rings. The van der Waals surface area contributed by atoms with Crippen LogP contribution in [0.1, 0.15) is 40.0 Å². The molecule has 0 fully saturated rings. The number of carbonyl (C=O) groups is 1. The number of aliphatic hydroxyl groups excluding tert-OH is 1. The van der Waals surface area contributed by atoms with Crippen molar-refractivity contribution in [1.29, 1.82) is 0 Å². The molecule has 1 heterocycles. The van der Waals surface area contributed by atoms with Crippen LogP contribution in [0, 0.1) is 5.92 Å². The summed E-state index contributed by atoms with van der Waals surface area (Å²) in [5.41, 5.74) is 0.771. The lowest BCUT2D eigenvalue weighted by molar-refractivity contribution is -0.195. The van der Waals surface area contributed by atoms with Gasteiger partial charge in [0, 0.05) is 33.0 Å². The first-order chi connectivity index (χ1) is 12.2. The summed E-state index contributed by atoms with van der Waals surface area (Å²) in [4.78, 5) is 11.8. The maximum atomic E-state index is 11.8. The van der Waals surface area contributed by atoms with Crippen LogP contribution in [0.3, 0.4) is 0 Å². The van der Waals surface area contributed by atoms with Gasteiger partial charge < -0.3 is 19.7 Å². The number of ether oxygens (including phenoxy) is 2. The fourth-order valence-corrected chi connectivity index (χ4v) is 3.20. The Labute approximate surface area is 161 Å². The molecule has 7 nitrogen and oxygen atoms in total. The number of esters is 1. The summed E-state index contributed by atoms with van der Waals surface area (Å²) in [5, 5.41) is 24.0. The number of fused-ring (bicyclic) bond motifs is 1. The van der Waals surface area contributed by atoms with Gasteiger partial charge in [0.05, 0.1) is 15.4 Å². The van der Waals surface area contributed by atoms with Gasteiger partial charge in [0.25, 0.3) is 0 Å². The number of benzene rings is 1. The second-order valence-corrected chi connectivity index (χ2v) is 7.52. The van der Waals surface area contributed by atoms with Gasteiger partial charge in [-0.15, -0.1) is 0 Å². The summed E-state index contributed by atoms with van der Waals surface area (Å²) < 4.78 is 12.8. The molecule has 0 aliphatic rings. The number of rotatable bonds is 9. The van der Waals surface area contributed by atoms with Gasteiger partial charge in [0.2, 0.25) is 5.79 Å². The lowest BCUT2D eigenvalue weighted by atomic mass is 10.0. The van der Waals surface area contributed by atoms with Crippen LogP contribution in [0.15, 0.2) is 22.8 Å². The summed E-state index contributed by atoms with van der Waals surface area (Å²) in [7, 11) is 0. The van der Waals surface area contributed by atoms with Crippen LogP contribution in [-0.2, 0) is 16.1 Å². The normalized spacial score (nSPS) is 13.0. The summed E-state index contributed by atoms with van der Waals surface area (Å²) in [6.45, 7) is 5.16. The zero-order valence-electron chi connectivity index (χ0n) is 15.2. The number of nitrogens with zero attached hydrogens (tertiary/aromatic N) is 2. The first-order valence-corrected chi connectivity index (χ1v) is 9.36. The minimum atomic E-state index is -1.45. The molecule has 0 aliphatic carbocycles. The van der Waals surface area contributed by atoms with Crippen LogP contribution in [-0.4, -0.2) is 38.5 Å². The van der Waals surface area contributed by atoms with Crippen LogP contribution in [0.4, 0.5) is 0 Å². The Balaban J connectivity index is 2.06. The molecular weight excluding hydrogens is 404 g/mol. The zero-order chi connectivity index (χ0) is 19.3. The molecule has 1 unspecified atom stereocenters. The van der Waals surface area contributed by atoms with Crippen molar-refractivity contribution < 1.29 is 24.5 Å². The molecule has 0 radical (unpaired) electrons. The van der Waals surface area contributed by atoms with E-state index < -0.39 is 18.5 Å². The molecule has 8 heteroatoms. The summed E-state index contributed by atoms with van der Waals surface area (Å²) in [5.74, 6) is -1.07. The van der Waals surface area contributed by atoms with Gasteiger partial charge in [-0.05, 0) is 40.4 Å². The molecule has 0 aliphatic heterocycles. The fourth-order valence-electron chi connectivity index (χ4n) is 2.74. The maximum Gasteiger partial charge on any atom is 0.308 e. The lowest BCUT2D eigenvalue weighted by Gasteiger charge is -2.19. The van der Waals surface area contributed by atoms with Crippen molar-refractivity contribution in [2.75, 3.05) is 6.79 Å². The van der Waals surface area contributed by atoms with Gasteiger partial charge in [-0.25, -0.2) is 0 Å². The molecular formula is C18H25BrN2O5. The second kappa shape index (κ2) is 8.83. The van der Waals surface area contributed by atoms with Crippen molar-refractivity contribution in [3.63, 3.8) is 0 Å². The third-order valence-corrected chi connectivity index (χ3v) is 4.62. The van der Waals surface area contributed by atoms with Crippen molar-refractivity contribution >= 4 is 32.8 Å². The second-order valence-electron chi connectivity index (χ2n) is 6.67. The van der Waals surface area contributed by atoms with E-state index in [1.807, 2.05) is 23.0 Å². The van der Waals surface area contributed by atoms with Gasteiger partial charge in [0.15, 0.2) is 6.79 Å². The van der Waals surface area contributed by atoms with E-state index in [0.717, 1.165) is 21.8 Å². The minimum absolute atomic E-state index is 0.240. The topological polar surface area (TPSA) is 93.8 Å². The highest BCUT2D eigenvalue weighted by Gasteiger charge is 2.20. The molecule has 0 saturated heterocycles. The van der Waals surface area contributed by atoms with Crippen molar-refractivity contribution in [2.24, 2.45) is 5.92 Å². The van der Waals surface area contributed by atoms with Crippen LogP contribution < -0.4 is 4.74 Å². The van der Waals surface area contributed by atoms with Crippen molar-refractivity contribution in [3.8, 4) is 5.75 Å². The zero-order valence-corrected chi connectivity index (χ0v) is 16.8. The third-order valence-electron chi connectivity index (χ3n) is 3.99. The molecule has 1 aromatic carbocycles. The monoisotopic (exact) mass is 428 g/mol. The Hall–Kier alpha value is -1.64. The predicted octanol–water partition coefficient (Wildman–Crippen LogP) is 3.21. The Morgan fingerprint density at radius 2 is 2.15 bits per heavy atom. The highest BCUT2D eigenvalue weighted by atomic mass is 79.9. The SMILES string of the molecule is CCC(CCC(=O)OC(C)(C)O)Cn1cc2c(OCO)c(Br)ccc2n1. The Morgan fingerprint density at radius 1 is 1.42 bits per heavy atom. The highest BCUT2D eigenvalue weighted by molar-refractivity contribution is 9.10. The number of aromatic nitrogens is 2. The van der Waals surface area contributed by atoms with Gasteiger partial charge in [0.1, 0.15) is 5.75 Å². The molecule has 2 N–H and O–H groups in total. The molecule has 1 aromatic heterocycles. The molecule has 2 rings (SSSR count). The number of halogens is 1. The summed E-state index contributed by atoms with van der Waals surface area (Å²) >= 11 is 3.41. The van der Waals surface area contributed by atoms with E-state index in [2.05, 4.69) is 28.0 Å². The van der Waals surface area contributed by atoms with Gasteiger partial charge >= 0.3 is 5.97 Å². The summed E-state index contributed by atoms with van der Waals surface area (Å²) in [6.07, 6.45) is 3.65. The van der Waals surface area contributed by atoms with Crippen LogP contribution in [0.2, 0.25) is 0 Å².